The van der Waals surface area contributed by atoms with Crippen molar-refractivity contribution < 1.29 is 14.3 Å². The third-order valence-corrected chi connectivity index (χ3v) is 6.75. The lowest BCUT2D eigenvalue weighted by molar-refractivity contribution is -0.118. The van der Waals surface area contributed by atoms with E-state index in [2.05, 4.69) is 26.5 Å². The predicted molar refractivity (Wildman–Crippen MR) is 139 cm³/mol. The first kappa shape index (κ1) is 25.4. The molecule has 0 aliphatic carbocycles. The van der Waals surface area contributed by atoms with Gasteiger partial charge in [-0.1, -0.05) is 47.0 Å². The maximum Gasteiger partial charge on any atom is 0.250 e. The summed E-state index contributed by atoms with van der Waals surface area (Å²) in [7, 11) is 1.55. The summed E-state index contributed by atoms with van der Waals surface area (Å²) in [6.07, 6.45) is 1.55. The van der Waals surface area contributed by atoms with E-state index in [0.29, 0.717) is 26.0 Å². The minimum atomic E-state index is -0.190. The fraction of sp³-hybridized carbons (Fsp3) is 0.167. The average molecular weight is 568 g/mol. The van der Waals surface area contributed by atoms with Gasteiger partial charge in [0, 0.05) is 4.90 Å². The van der Waals surface area contributed by atoms with Crippen LogP contribution in [0.1, 0.15) is 16.7 Å². The molecule has 1 N–H and O–H groups in total. The first-order valence-electron chi connectivity index (χ1n) is 9.81. The molecule has 0 bridgehead atoms. The third-order valence-electron chi connectivity index (χ3n) is 4.41. The van der Waals surface area contributed by atoms with E-state index in [1.54, 1.807) is 31.5 Å². The zero-order valence-corrected chi connectivity index (χ0v) is 21.8. The molecule has 0 aliphatic heterocycles. The second kappa shape index (κ2) is 12.3. The Morgan fingerprint density at radius 3 is 2.58 bits per heavy atom. The predicted octanol–water partition coefficient (Wildman–Crippen LogP) is 6.89. The summed E-state index contributed by atoms with van der Waals surface area (Å²) < 4.78 is 12.1. The Hall–Kier alpha value is -2.19. The SMILES string of the molecule is COc1cc(/C=N\NC(=O)CSc2ccc(C)cc2)cc(Br)c1OCc1ccc(Cl)c(Cl)c1. The highest BCUT2D eigenvalue weighted by Crippen LogP contribution is 2.37. The molecule has 5 nitrogen and oxygen atoms in total. The highest BCUT2D eigenvalue weighted by molar-refractivity contribution is 9.10. The van der Waals surface area contributed by atoms with Crippen LogP contribution in [0, 0.1) is 6.92 Å². The monoisotopic (exact) mass is 566 g/mol. The summed E-state index contributed by atoms with van der Waals surface area (Å²) in [5.74, 6) is 1.14. The minimum Gasteiger partial charge on any atom is -0.493 e. The lowest BCUT2D eigenvalue weighted by atomic mass is 10.2. The van der Waals surface area contributed by atoms with E-state index in [1.165, 1.54) is 17.3 Å². The van der Waals surface area contributed by atoms with Gasteiger partial charge in [-0.25, -0.2) is 5.43 Å². The number of amides is 1. The largest absolute Gasteiger partial charge is 0.493 e. The second-order valence-corrected chi connectivity index (χ2v) is 9.68. The van der Waals surface area contributed by atoms with Crippen molar-refractivity contribution in [3.63, 3.8) is 0 Å². The van der Waals surface area contributed by atoms with Gasteiger partial charge in [0.25, 0.3) is 0 Å². The van der Waals surface area contributed by atoms with Crippen LogP contribution < -0.4 is 14.9 Å². The summed E-state index contributed by atoms with van der Waals surface area (Å²) in [6.45, 7) is 2.31. The van der Waals surface area contributed by atoms with Crippen molar-refractivity contribution in [2.75, 3.05) is 12.9 Å². The number of halogens is 3. The lowest BCUT2D eigenvalue weighted by Gasteiger charge is -2.14. The highest BCUT2D eigenvalue weighted by atomic mass is 79.9. The number of methoxy groups -OCH3 is 1. The number of hydrogen-bond acceptors (Lipinski definition) is 5. The van der Waals surface area contributed by atoms with Crippen LogP contribution >= 0.6 is 50.9 Å². The van der Waals surface area contributed by atoms with E-state index in [0.717, 1.165) is 16.0 Å². The molecule has 0 radical (unpaired) electrons. The van der Waals surface area contributed by atoms with Crippen LogP contribution in [0.3, 0.4) is 0 Å². The summed E-state index contributed by atoms with van der Waals surface area (Å²) in [5.41, 5.74) is 5.32. The number of nitrogens with one attached hydrogen (secondary N) is 1. The Morgan fingerprint density at radius 2 is 1.88 bits per heavy atom. The molecule has 1 amide bonds. The molecule has 9 heteroatoms. The summed E-state index contributed by atoms with van der Waals surface area (Å²) in [6, 6.07) is 16.9. The number of carbonyl (C=O) groups excluding carboxylic acids is 1. The van der Waals surface area contributed by atoms with Crippen molar-refractivity contribution >= 4 is 63.0 Å². The molecule has 0 spiro atoms. The molecule has 0 saturated heterocycles. The van der Waals surface area contributed by atoms with E-state index < -0.39 is 0 Å². The molecule has 0 unspecified atom stereocenters. The summed E-state index contributed by atoms with van der Waals surface area (Å²) >= 11 is 17.0. The maximum atomic E-state index is 12.1. The second-order valence-electron chi connectivity index (χ2n) is 6.97. The number of aryl methyl sites for hydroxylation is 1. The molecule has 0 fully saturated rings. The van der Waals surface area contributed by atoms with Crippen molar-refractivity contribution in [3.05, 3.63) is 85.8 Å². The zero-order chi connectivity index (χ0) is 23.8. The number of carbonyl (C=O) groups is 1. The average Bonchev–Trinajstić information content (AvgIpc) is 2.80. The van der Waals surface area contributed by atoms with Gasteiger partial charge in [0.05, 0.1) is 33.6 Å². The summed E-state index contributed by atoms with van der Waals surface area (Å²) in [4.78, 5) is 13.1. The number of hydrazone groups is 1. The third kappa shape index (κ3) is 7.67. The smallest absolute Gasteiger partial charge is 0.250 e. The molecular weight excluding hydrogens is 547 g/mol. The lowest BCUT2D eigenvalue weighted by Crippen LogP contribution is -2.19. The molecule has 0 aromatic heterocycles. The Labute approximate surface area is 215 Å². The van der Waals surface area contributed by atoms with Crippen molar-refractivity contribution in [1.29, 1.82) is 0 Å². The topological polar surface area (TPSA) is 59.9 Å². The van der Waals surface area contributed by atoms with Gasteiger partial charge in [-0.3, -0.25) is 4.79 Å². The van der Waals surface area contributed by atoms with Crippen molar-refractivity contribution in [2.45, 2.75) is 18.4 Å². The van der Waals surface area contributed by atoms with Gasteiger partial charge >= 0.3 is 0 Å². The zero-order valence-electron chi connectivity index (χ0n) is 17.9. The van der Waals surface area contributed by atoms with E-state index >= 15 is 0 Å². The van der Waals surface area contributed by atoms with Crippen molar-refractivity contribution in [2.24, 2.45) is 5.10 Å². The Morgan fingerprint density at radius 1 is 1.12 bits per heavy atom. The normalized spacial score (nSPS) is 10.9. The molecule has 0 saturated carbocycles. The van der Waals surface area contributed by atoms with Gasteiger partial charge in [-0.05, 0) is 70.4 Å². The number of ether oxygens (including phenoxy) is 2. The molecule has 3 aromatic carbocycles. The fourth-order valence-corrected chi connectivity index (χ4v) is 4.32. The van der Waals surface area contributed by atoms with Crippen LogP contribution in [0.2, 0.25) is 10.0 Å². The van der Waals surface area contributed by atoms with E-state index in [1.807, 2.05) is 43.3 Å². The number of nitrogens with zero attached hydrogens (tertiary/aromatic N) is 1. The molecule has 172 valence electrons. The van der Waals surface area contributed by atoms with Crippen LogP contribution in [0.5, 0.6) is 11.5 Å². The summed E-state index contributed by atoms with van der Waals surface area (Å²) in [5, 5.41) is 5.00. The standard InChI is InChI=1S/C24H21BrCl2N2O3S/c1-15-3-6-18(7-4-15)33-14-23(30)29-28-12-17-9-19(25)24(22(11-17)31-2)32-13-16-5-8-20(26)21(27)10-16/h3-12H,13-14H2,1-2H3,(H,29,30)/b28-12-. The molecule has 0 atom stereocenters. The van der Waals surface area contributed by atoms with Crippen LogP contribution in [0.15, 0.2) is 69.1 Å². The van der Waals surface area contributed by atoms with Crippen LogP contribution in [0.4, 0.5) is 0 Å². The molecule has 0 aliphatic rings. The van der Waals surface area contributed by atoms with Crippen LogP contribution in [-0.4, -0.2) is 25.0 Å². The van der Waals surface area contributed by atoms with E-state index in [4.69, 9.17) is 32.7 Å². The number of benzene rings is 3. The molecular formula is C24H21BrCl2N2O3S. The van der Waals surface area contributed by atoms with E-state index in [-0.39, 0.29) is 18.3 Å². The maximum absolute atomic E-state index is 12.1. The van der Waals surface area contributed by atoms with Crippen molar-refractivity contribution in [3.8, 4) is 11.5 Å². The molecule has 3 rings (SSSR count). The fourth-order valence-electron chi connectivity index (χ4n) is 2.73. The number of thioether (sulfide) groups is 1. The number of rotatable bonds is 9. The van der Waals surface area contributed by atoms with Crippen LogP contribution in [0.25, 0.3) is 0 Å². The van der Waals surface area contributed by atoms with Gasteiger partial charge in [0.1, 0.15) is 6.61 Å². The molecule has 3 aromatic rings. The van der Waals surface area contributed by atoms with Gasteiger partial charge in [-0.15, -0.1) is 11.8 Å². The number of hydrogen-bond donors (Lipinski definition) is 1. The van der Waals surface area contributed by atoms with Crippen LogP contribution in [-0.2, 0) is 11.4 Å². The van der Waals surface area contributed by atoms with Crippen molar-refractivity contribution in [1.82, 2.24) is 5.43 Å². The minimum absolute atomic E-state index is 0.190. The van der Waals surface area contributed by atoms with Gasteiger partial charge in [-0.2, -0.15) is 5.10 Å². The first-order valence-corrected chi connectivity index (χ1v) is 12.3. The first-order chi connectivity index (χ1) is 15.9. The van der Waals surface area contributed by atoms with Gasteiger partial charge in [0.15, 0.2) is 11.5 Å². The van der Waals surface area contributed by atoms with Gasteiger partial charge < -0.3 is 9.47 Å². The van der Waals surface area contributed by atoms with Gasteiger partial charge in [0.2, 0.25) is 5.91 Å². The Balaban J connectivity index is 1.58. The molecule has 0 heterocycles. The molecule has 33 heavy (non-hydrogen) atoms. The Kier molecular flexibility index (Phi) is 9.50. The highest BCUT2D eigenvalue weighted by Gasteiger charge is 2.12. The van der Waals surface area contributed by atoms with E-state index in [9.17, 15) is 4.79 Å². The quantitative estimate of drug-likeness (QED) is 0.174. The Bertz CT molecular complexity index is 1160.